The molecular formula is C14H27N5S. The molecule has 1 N–H and O–H groups in total. The summed E-state index contributed by atoms with van der Waals surface area (Å²) in [4.78, 5) is 0. The second-order valence-electron chi connectivity index (χ2n) is 6.00. The van der Waals surface area contributed by atoms with E-state index in [1.54, 1.807) is 0 Å². The van der Waals surface area contributed by atoms with E-state index >= 15 is 0 Å². The smallest absolute Gasteiger partial charge is 0.168 e. The molecule has 6 heteroatoms. The van der Waals surface area contributed by atoms with E-state index in [2.05, 4.69) is 53.2 Å². The lowest BCUT2D eigenvalue weighted by molar-refractivity contribution is 0.406. The first kappa shape index (κ1) is 15.8. The summed E-state index contributed by atoms with van der Waals surface area (Å²) in [5, 5.41) is 16.7. The highest BCUT2D eigenvalue weighted by Gasteiger charge is 2.32. The minimum Gasteiger partial charge on any atom is -0.307 e. The second kappa shape index (κ2) is 7.41. The summed E-state index contributed by atoms with van der Waals surface area (Å²) in [7, 11) is 0. The average molecular weight is 297 g/mol. The quantitative estimate of drug-likeness (QED) is 0.838. The van der Waals surface area contributed by atoms with Gasteiger partial charge in [-0.25, -0.2) is 4.68 Å². The molecule has 1 saturated carbocycles. The molecule has 1 aromatic heterocycles. The molecule has 3 atom stereocenters. The van der Waals surface area contributed by atoms with Gasteiger partial charge in [0.05, 0.1) is 12.1 Å². The Morgan fingerprint density at radius 1 is 1.35 bits per heavy atom. The lowest BCUT2D eigenvalue weighted by Crippen LogP contribution is -2.28. The molecule has 0 amide bonds. The zero-order valence-electron chi connectivity index (χ0n) is 13.0. The lowest BCUT2D eigenvalue weighted by Gasteiger charge is -2.22. The summed E-state index contributed by atoms with van der Waals surface area (Å²) < 4.78 is 2.08. The van der Waals surface area contributed by atoms with E-state index in [4.69, 9.17) is 0 Å². The number of hydrogen-bond donors (Lipinski definition) is 1. The molecule has 0 bridgehead atoms. The van der Waals surface area contributed by atoms with Crippen LogP contribution >= 0.6 is 11.8 Å². The number of hydrogen-bond acceptors (Lipinski definition) is 5. The third-order valence-corrected chi connectivity index (χ3v) is 5.16. The Balaban J connectivity index is 2.07. The molecule has 2 rings (SSSR count). The largest absolute Gasteiger partial charge is 0.307 e. The van der Waals surface area contributed by atoms with Gasteiger partial charge in [0, 0.05) is 5.25 Å². The molecule has 0 aliphatic heterocycles. The van der Waals surface area contributed by atoms with E-state index in [1.165, 1.54) is 25.0 Å². The van der Waals surface area contributed by atoms with Crippen molar-refractivity contribution in [3.8, 4) is 0 Å². The van der Waals surface area contributed by atoms with Crippen LogP contribution in [0.2, 0.25) is 0 Å². The van der Waals surface area contributed by atoms with Gasteiger partial charge in [-0.05, 0) is 48.4 Å². The molecule has 5 nitrogen and oxygen atoms in total. The Bertz CT molecular complexity index is 406. The fourth-order valence-corrected chi connectivity index (χ4v) is 4.06. The van der Waals surface area contributed by atoms with E-state index in [1.807, 2.05) is 11.8 Å². The zero-order valence-corrected chi connectivity index (χ0v) is 13.9. The molecule has 1 heterocycles. The third-order valence-electron chi connectivity index (χ3n) is 3.85. The van der Waals surface area contributed by atoms with E-state index in [0.717, 1.165) is 12.4 Å². The standard InChI is InChI=1S/C14H27N5S/c1-5-20-13-8-6-7-12(13)19-14(16-17-18-19)11(4)15-9-10(2)3/h10-13,15H,5-9H2,1-4H3. The average Bonchev–Trinajstić information content (AvgIpc) is 3.04. The van der Waals surface area contributed by atoms with Gasteiger partial charge in [0.15, 0.2) is 5.82 Å². The summed E-state index contributed by atoms with van der Waals surface area (Å²) >= 11 is 2.05. The molecule has 0 saturated heterocycles. The van der Waals surface area contributed by atoms with Crippen molar-refractivity contribution >= 4 is 11.8 Å². The van der Waals surface area contributed by atoms with Gasteiger partial charge in [0.25, 0.3) is 0 Å². The number of aromatic nitrogens is 4. The highest BCUT2D eigenvalue weighted by molar-refractivity contribution is 7.99. The summed E-state index contributed by atoms with van der Waals surface area (Å²) in [6.45, 7) is 9.81. The molecule has 1 aliphatic rings. The van der Waals surface area contributed by atoms with Crippen molar-refractivity contribution in [1.82, 2.24) is 25.5 Å². The maximum atomic E-state index is 4.28. The van der Waals surface area contributed by atoms with Crippen molar-refractivity contribution in [3.63, 3.8) is 0 Å². The van der Waals surface area contributed by atoms with Crippen LogP contribution in [0, 0.1) is 5.92 Å². The van der Waals surface area contributed by atoms with Crippen molar-refractivity contribution in [3.05, 3.63) is 5.82 Å². The predicted octanol–water partition coefficient (Wildman–Crippen LogP) is 2.83. The summed E-state index contributed by atoms with van der Waals surface area (Å²) in [5.74, 6) is 2.79. The highest BCUT2D eigenvalue weighted by Crippen LogP contribution is 2.38. The van der Waals surface area contributed by atoms with Crippen LogP contribution in [0.4, 0.5) is 0 Å². The Morgan fingerprint density at radius 3 is 2.85 bits per heavy atom. The van der Waals surface area contributed by atoms with Gasteiger partial charge in [-0.15, -0.1) is 5.10 Å². The Hall–Kier alpha value is -0.620. The van der Waals surface area contributed by atoms with Gasteiger partial charge in [-0.2, -0.15) is 11.8 Å². The van der Waals surface area contributed by atoms with Gasteiger partial charge in [0.1, 0.15) is 0 Å². The van der Waals surface area contributed by atoms with Crippen LogP contribution in [0.25, 0.3) is 0 Å². The number of nitrogens with one attached hydrogen (secondary N) is 1. The molecule has 0 radical (unpaired) electrons. The molecule has 1 aliphatic carbocycles. The first-order chi connectivity index (χ1) is 9.63. The highest BCUT2D eigenvalue weighted by atomic mass is 32.2. The molecule has 0 aromatic carbocycles. The minimum absolute atomic E-state index is 0.209. The van der Waals surface area contributed by atoms with Gasteiger partial charge < -0.3 is 5.32 Å². The van der Waals surface area contributed by atoms with Gasteiger partial charge in [0.2, 0.25) is 0 Å². The van der Waals surface area contributed by atoms with Gasteiger partial charge in [-0.3, -0.25) is 0 Å². The van der Waals surface area contributed by atoms with Crippen molar-refractivity contribution in [1.29, 1.82) is 0 Å². The van der Waals surface area contributed by atoms with Crippen LogP contribution in [0.3, 0.4) is 0 Å². The molecule has 3 unspecified atom stereocenters. The van der Waals surface area contributed by atoms with Crippen LogP contribution < -0.4 is 5.32 Å². The van der Waals surface area contributed by atoms with E-state index in [9.17, 15) is 0 Å². The lowest BCUT2D eigenvalue weighted by atomic mass is 10.2. The number of tetrazole rings is 1. The number of thioether (sulfide) groups is 1. The van der Waals surface area contributed by atoms with Crippen LogP contribution in [0.15, 0.2) is 0 Å². The Labute approximate surface area is 126 Å². The van der Waals surface area contributed by atoms with E-state index < -0.39 is 0 Å². The summed E-state index contributed by atoms with van der Waals surface area (Å²) in [5.41, 5.74) is 0. The maximum Gasteiger partial charge on any atom is 0.168 e. The first-order valence-electron chi connectivity index (χ1n) is 7.76. The van der Waals surface area contributed by atoms with E-state index in [-0.39, 0.29) is 6.04 Å². The van der Waals surface area contributed by atoms with Gasteiger partial charge in [-0.1, -0.05) is 27.2 Å². The van der Waals surface area contributed by atoms with Crippen LogP contribution in [-0.4, -0.2) is 37.8 Å². The summed E-state index contributed by atoms with van der Waals surface area (Å²) in [6.07, 6.45) is 3.78. The second-order valence-corrected chi connectivity index (χ2v) is 7.51. The number of rotatable bonds is 7. The maximum absolute atomic E-state index is 4.28. The van der Waals surface area contributed by atoms with Crippen molar-refractivity contribution < 1.29 is 0 Å². The normalized spacial score (nSPS) is 24.4. The monoisotopic (exact) mass is 297 g/mol. The van der Waals surface area contributed by atoms with Crippen LogP contribution in [0.1, 0.15) is 64.9 Å². The van der Waals surface area contributed by atoms with Crippen molar-refractivity contribution in [2.24, 2.45) is 5.92 Å². The minimum atomic E-state index is 0.209. The molecule has 1 fully saturated rings. The van der Waals surface area contributed by atoms with E-state index in [0.29, 0.717) is 17.2 Å². The number of nitrogens with zero attached hydrogens (tertiary/aromatic N) is 4. The fraction of sp³-hybridized carbons (Fsp3) is 0.929. The van der Waals surface area contributed by atoms with Gasteiger partial charge >= 0.3 is 0 Å². The van der Waals surface area contributed by atoms with Crippen LogP contribution in [-0.2, 0) is 0 Å². The topological polar surface area (TPSA) is 55.6 Å². The molecule has 114 valence electrons. The summed E-state index contributed by atoms with van der Waals surface area (Å²) in [6, 6.07) is 0.675. The Kier molecular flexibility index (Phi) is 5.84. The molecule has 1 aromatic rings. The SMILES string of the molecule is CCSC1CCCC1n1nnnc1C(C)NCC(C)C. The molecule has 0 spiro atoms. The van der Waals surface area contributed by atoms with Crippen molar-refractivity contribution in [2.75, 3.05) is 12.3 Å². The molecule has 20 heavy (non-hydrogen) atoms. The third kappa shape index (κ3) is 3.73. The van der Waals surface area contributed by atoms with Crippen molar-refractivity contribution in [2.45, 2.75) is 64.3 Å². The fourth-order valence-electron chi connectivity index (χ4n) is 2.82. The Morgan fingerprint density at radius 2 is 2.15 bits per heavy atom. The molecular weight excluding hydrogens is 270 g/mol. The predicted molar refractivity (Wildman–Crippen MR) is 83.9 cm³/mol. The first-order valence-corrected chi connectivity index (χ1v) is 8.81. The van der Waals surface area contributed by atoms with Crippen LogP contribution in [0.5, 0.6) is 0 Å². The zero-order chi connectivity index (χ0) is 14.5.